The van der Waals surface area contributed by atoms with Crippen LogP contribution in [-0.4, -0.2) is 36.7 Å². The van der Waals surface area contributed by atoms with Gasteiger partial charge in [-0.2, -0.15) is 5.10 Å². The van der Waals surface area contributed by atoms with Crippen LogP contribution in [0.5, 0.6) is 5.88 Å². The molecule has 0 fully saturated rings. The molecule has 0 aliphatic rings. The normalized spacial score (nSPS) is 11.1. The van der Waals surface area contributed by atoms with Crippen LogP contribution in [0, 0.1) is 0 Å². The van der Waals surface area contributed by atoms with Gasteiger partial charge in [-0.3, -0.25) is 5.10 Å². The topological polar surface area (TPSA) is 126 Å². The first-order chi connectivity index (χ1) is 16.0. The minimum Gasteiger partial charge on any atom is -0.481 e. The zero-order valence-corrected chi connectivity index (χ0v) is 18.5. The highest BCUT2D eigenvalue weighted by molar-refractivity contribution is 7.91. The smallest absolute Gasteiger partial charge is 0.319 e. The Morgan fingerprint density at radius 3 is 2.48 bits per heavy atom. The number of pyridine rings is 1. The van der Waals surface area contributed by atoms with Crippen molar-refractivity contribution in [1.29, 1.82) is 0 Å². The third kappa shape index (κ3) is 5.01. The van der Waals surface area contributed by atoms with E-state index in [4.69, 9.17) is 4.74 Å². The number of aromatic amines is 1. The zero-order chi connectivity index (χ0) is 23.3. The van der Waals surface area contributed by atoms with Gasteiger partial charge in [0, 0.05) is 47.4 Å². The van der Waals surface area contributed by atoms with E-state index in [1.165, 1.54) is 19.2 Å². The fourth-order valence-electron chi connectivity index (χ4n) is 3.18. The fourth-order valence-corrected chi connectivity index (χ4v) is 4.66. The largest absolute Gasteiger partial charge is 0.481 e. The SMILES string of the molecule is COc1ccc(-c2ccccc2S(=O)(=O)c2ccc(NC(=O)NCc3cn[nH]c3)cc2)cn1. The monoisotopic (exact) mass is 463 g/mol. The van der Waals surface area contributed by atoms with E-state index in [0.29, 0.717) is 29.2 Å². The van der Waals surface area contributed by atoms with Gasteiger partial charge in [0.15, 0.2) is 0 Å². The maximum absolute atomic E-state index is 13.4. The summed E-state index contributed by atoms with van der Waals surface area (Å²) < 4.78 is 31.8. The molecule has 3 N–H and O–H groups in total. The van der Waals surface area contributed by atoms with Gasteiger partial charge >= 0.3 is 6.03 Å². The lowest BCUT2D eigenvalue weighted by atomic mass is 10.1. The number of hydrogen-bond donors (Lipinski definition) is 3. The first-order valence-electron chi connectivity index (χ1n) is 9.94. The summed E-state index contributed by atoms with van der Waals surface area (Å²) in [6.45, 7) is 0.311. The number of amides is 2. The standard InChI is InChI=1S/C23H21N5O4S/c1-32-22-11-6-17(15-24-22)20-4-2-3-5-21(20)33(30,31)19-9-7-18(8-10-19)28-23(29)25-12-16-13-26-27-14-16/h2-11,13-15H,12H2,1H3,(H,26,27)(H2,25,28,29). The third-order valence-electron chi connectivity index (χ3n) is 4.86. The summed E-state index contributed by atoms with van der Waals surface area (Å²) in [4.78, 5) is 16.5. The first kappa shape index (κ1) is 22.0. The van der Waals surface area contributed by atoms with Gasteiger partial charge in [-0.05, 0) is 36.4 Å². The van der Waals surface area contributed by atoms with Crippen LogP contribution >= 0.6 is 0 Å². The minimum atomic E-state index is -3.82. The zero-order valence-electron chi connectivity index (χ0n) is 17.6. The summed E-state index contributed by atoms with van der Waals surface area (Å²) in [7, 11) is -2.30. The van der Waals surface area contributed by atoms with Crippen LogP contribution in [0.3, 0.4) is 0 Å². The maximum Gasteiger partial charge on any atom is 0.319 e. The molecular weight excluding hydrogens is 442 g/mol. The predicted molar refractivity (Wildman–Crippen MR) is 123 cm³/mol. The van der Waals surface area contributed by atoms with Crippen molar-refractivity contribution < 1.29 is 17.9 Å². The van der Waals surface area contributed by atoms with E-state index in [9.17, 15) is 13.2 Å². The lowest BCUT2D eigenvalue weighted by Gasteiger charge is -2.12. The Bertz CT molecular complexity index is 1340. The summed E-state index contributed by atoms with van der Waals surface area (Å²) >= 11 is 0. The van der Waals surface area contributed by atoms with E-state index in [2.05, 4.69) is 25.8 Å². The Labute approximate surface area is 190 Å². The van der Waals surface area contributed by atoms with Gasteiger partial charge in [0.2, 0.25) is 15.7 Å². The Kier molecular flexibility index (Phi) is 6.36. The molecule has 168 valence electrons. The number of anilines is 1. The summed E-state index contributed by atoms with van der Waals surface area (Å²) in [6.07, 6.45) is 4.86. The van der Waals surface area contributed by atoms with E-state index in [-0.39, 0.29) is 9.79 Å². The molecule has 2 aromatic carbocycles. The second-order valence-electron chi connectivity index (χ2n) is 7.03. The van der Waals surface area contributed by atoms with Crippen LogP contribution in [0.2, 0.25) is 0 Å². The lowest BCUT2D eigenvalue weighted by Crippen LogP contribution is -2.28. The molecule has 2 aromatic heterocycles. The molecule has 0 aliphatic heterocycles. The Morgan fingerprint density at radius 2 is 1.82 bits per heavy atom. The molecule has 0 atom stereocenters. The van der Waals surface area contributed by atoms with Gasteiger partial charge < -0.3 is 15.4 Å². The number of ether oxygens (including phenoxy) is 1. The van der Waals surface area contributed by atoms with E-state index in [1.54, 1.807) is 67.1 Å². The minimum absolute atomic E-state index is 0.112. The van der Waals surface area contributed by atoms with E-state index in [1.807, 2.05) is 0 Å². The van der Waals surface area contributed by atoms with Crippen molar-refractivity contribution in [3.05, 3.63) is 84.8 Å². The van der Waals surface area contributed by atoms with Crippen molar-refractivity contribution in [3.63, 3.8) is 0 Å². The van der Waals surface area contributed by atoms with Crippen LogP contribution < -0.4 is 15.4 Å². The average Bonchev–Trinajstić information content (AvgIpc) is 3.37. The highest BCUT2D eigenvalue weighted by atomic mass is 32.2. The highest BCUT2D eigenvalue weighted by Gasteiger charge is 2.22. The molecule has 9 nitrogen and oxygen atoms in total. The molecule has 0 unspecified atom stereocenters. The summed E-state index contributed by atoms with van der Waals surface area (Å²) in [6, 6.07) is 15.8. The summed E-state index contributed by atoms with van der Waals surface area (Å²) in [5.74, 6) is 0.441. The van der Waals surface area contributed by atoms with Gasteiger partial charge in [-0.15, -0.1) is 0 Å². The lowest BCUT2D eigenvalue weighted by molar-refractivity contribution is 0.251. The number of carbonyl (C=O) groups is 1. The van der Waals surface area contributed by atoms with Crippen molar-refractivity contribution in [2.75, 3.05) is 12.4 Å². The number of hydrogen-bond acceptors (Lipinski definition) is 6. The fraction of sp³-hybridized carbons (Fsp3) is 0.0870. The second-order valence-corrected chi connectivity index (χ2v) is 8.95. The molecule has 0 spiro atoms. The maximum atomic E-state index is 13.4. The number of benzene rings is 2. The molecular formula is C23H21N5O4S. The van der Waals surface area contributed by atoms with E-state index in [0.717, 1.165) is 5.56 Å². The molecule has 2 amide bonds. The molecule has 33 heavy (non-hydrogen) atoms. The number of rotatable bonds is 7. The van der Waals surface area contributed by atoms with Crippen LogP contribution in [0.4, 0.5) is 10.5 Å². The number of sulfone groups is 1. The summed E-state index contributed by atoms with van der Waals surface area (Å²) in [5.41, 5.74) is 2.49. The number of urea groups is 1. The number of aromatic nitrogens is 3. The van der Waals surface area contributed by atoms with Gasteiger partial charge in [0.05, 0.1) is 23.1 Å². The highest BCUT2D eigenvalue weighted by Crippen LogP contribution is 2.32. The molecule has 0 saturated carbocycles. The van der Waals surface area contributed by atoms with Crippen LogP contribution in [0.25, 0.3) is 11.1 Å². The number of nitrogens with zero attached hydrogens (tertiary/aromatic N) is 2. The Balaban J connectivity index is 1.52. The van der Waals surface area contributed by atoms with Crippen LogP contribution in [0.1, 0.15) is 5.56 Å². The van der Waals surface area contributed by atoms with Gasteiger partial charge in [-0.25, -0.2) is 18.2 Å². The van der Waals surface area contributed by atoms with Crippen molar-refractivity contribution in [3.8, 4) is 17.0 Å². The Hall–Kier alpha value is -4.18. The molecule has 0 saturated heterocycles. The first-order valence-corrected chi connectivity index (χ1v) is 11.4. The molecule has 10 heteroatoms. The van der Waals surface area contributed by atoms with Crippen molar-refractivity contribution in [2.45, 2.75) is 16.3 Å². The number of H-pyrrole nitrogens is 1. The Morgan fingerprint density at radius 1 is 1.03 bits per heavy atom. The number of methoxy groups -OCH3 is 1. The molecule has 0 radical (unpaired) electrons. The molecule has 0 aliphatic carbocycles. The van der Waals surface area contributed by atoms with Gasteiger partial charge in [0.25, 0.3) is 0 Å². The van der Waals surface area contributed by atoms with Gasteiger partial charge in [0.1, 0.15) is 0 Å². The predicted octanol–water partition coefficient (Wildman–Crippen LogP) is 3.63. The van der Waals surface area contributed by atoms with E-state index >= 15 is 0 Å². The van der Waals surface area contributed by atoms with E-state index < -0.39 is 15.9 Å². The van der Waals surface area contributed by atoms with Crippen LogP contribution in [-0.2, 0) is 16.4 Å². The molecule has 0 bridgehead atoms. The molecule has 4 rings (SSSR count). The molecule has 4 aromatic rings. The van der Waals surface area contributed by atoms with Crippen molar-refractivity contribution >= 4 is 21.6 Å². The average molecular weight is 464 g/mol. The summed E-state index contributed by atoms with van der Waals surface area (Å²) in [5, 5.41) is 11.9. The number of carbonyl (C=O) groups excluding carboxylic acids is 1. The third-order valence-corrected chi connectivity index (χ3v) is 6.69. The van der Waals surface area contributed by atoms with Crippen molar-refractivity contribution in [2.24, 2.45) is 0 Å². The molecule has 2 heterocycles. The second kappa shape index (κ2) is 9.53. The number of nitrogens with one attached hydrogen (secondary N) is 3. The van der Waals surface area contributed by atoms with Crippen molar-refractivity contribution in [1.82, 2.24) is 20.5 Å². The van der Waals surface area contributed by atoms with Gasteiger partial charge in [-0.1, -0.05) is 18.2 Å². The quantitative estimate of drug-likeness (QED) is 0.384. The van der Waals surface area contributed by atoms with Crippen LogP contribution in [0.15, 0.2) is 89.0 Å².